The number of nitrogens with one attached hydrogen (secondary N) is 4. The van der Waals surface area contributed by atoms with Crippen molar-refractivity contribution in [1.82, 2.24) is 36.2 Å². The van der Waals surface area contributed by atoms with Gasteiger partial charge in [-0.3, -0.25) is 29.4 Å². The van der Waals surface area contributed by atoms with Crippen LogP contribution in [0, 0.1) is 45.3 Å². The number of fused-ring (bicyclic) bond motifs is 3. The quantitative estimate of drug-likeness (QED) is 0.151. The lowest BCUT2D eigenvalue weighted by atomic mass is 9.49. The Labute approximate surface area is 470 Å². The van der Waals surface area contributed by atoms with Crippen molar-refractivity contribution in [1.29, 1.82) is 5.26 Å². The van der Waals surface area contributed by atoms with Gasteiger partial charge in [0.15, 0.2) is 0 Å². The van der Waals surface area contributed by atoms with Crippen molar-refractivity contribution >= 4 is 23.4 Å². The highest BCUT2D eigenvalue weighted by atomic mass is 32.2. The van der Waals surface area contributed by atoms with Crippen LogP contribution in [0.1, 0.15) is 149 Å². The number of aliphatic imine (C=N–C) groups is 1. The van der Waals surface area contributed by atoms with Crippen molar-refractivity contribution in [2.45, 2.75) is 204 Å². The lowest BCUT2D eigenvalue weighted by molar-refractivity contribution is -0.971. The molecule has 2 aromatic rings. The van der Waals surface area contributed by atoms with Gasteiger partial charge in [0.2, 0.25) is 12.2 Å². The van der Waals surface area contributed by atoms with Crippen LogP contribution in [0.15, 0.2) is 47.5 Å². The zero-order chi connectivity index (χ0) is 54.1. The minimum absolute atomic E-state index is 0.0506. The molecule has 2 aromatic carbocycles. The largest absolute Gasteiger partial charge is 0.495 e. The van der Waals surface area contributed by atoms with E-state index < -0.39 is 0 Å². The Morgan fingerprint density at radius 3 is 2.32 bits per heavy atom. The molecule has 10 atom stereocenters. The van der Waals surface area contributed by atoms with E-state index in [0.29, 0.717) is 57.5 Å². The molecule has 9 fully saturated rings. The maximum atomic E-state index is 14.5. The third kappa shape index (κ3) is 10.1. The highest BCUT2D eigenvalue weighted by Crippen LogP contribution is 2.56. The maximum absolute atomic E-state index is 14.5. The third-order valence-electron chi connectivity index (χ3n) is 21.6. The molecule has 15 nitrogen and oxygen atoms in total. The number of carbonyl (C=O) groups excluding carboxylic acids is 1. The molecular formula is C62H93N10O5S+. The number of hydrazine groups is 1. The number of amides is 1. The van der Waals surface area contributed by atoms with Crippen LogP contribution in [0.5, 0.6) is 17.2 Å². The number of quaternary nitrogens is 1. The second kappa shape index (κ2) is 22.0. The molecule has 0 bridgehead atoms. The lowest BCUT2D eigenvalue weighted by Gasteiger charge is -2.63. The van der Waals surface area contributed by atoms with E-state index in [1.165, 1.54) is 81.9 Å². The minimum Gasteiger partial charge on any atom is -0.495 e. The summed E-state index contributed by atoms with van der Waals surface area (Å²) in [5.74, 6) is 3.04. The van der Waals surface area contributed by atoms with Gasteiger partial charge < -0.3 is 24.3 Å². The summed E-state index contributed by atoms with van der Waals surface area (Å²) in [6.07, 6.45) is 17.9. The molecule has 7 aliphatic heterocycles. The fraction of sp³-hybridized carbons (Fsp3) is 0.758. The Morgan fingerprint density at radius 1 is 0.910 bits per heavy atom. The average molecular weight is 1090 g/mol. The third-order valence-corrected chi connectivity index (χ3v) is 23.3. The number of nitriles is 1. The summed E-state index contributed by atoms with van der Waals surface area (Å²) >= 11 is 2.14. The first-order valence-corrected chi connectivity index (χ1v) is 31.6. The molecule has 426 valence electrons. The number of benzene rings is 2. The fourth-order valence-corrected chi connectivity index (χ4v) is 19.3. The first-order valence-electron chi connectivity index (χ1n) is 30.6. The molecular weight excluding hydrogens is 997 g/mol. The van der Waals surface area contributed by atoms with Crippen molar-refractivity contribution in [3.05, 3.63) is 53.6 Å². The summed E-state index contributed by atoms with van der Waals surface area (Å²) in [7, 11) is 1.57. The van der Waals surface area contributed by atoms with E-state index in [-0.39, 0.29) is 71.8 Å². The maximum Gasteiger partial charge on any atom is 0.230 e. The van der Waals surface area contributed by atoms with Crippen molar-refractivity contribution in [2.75, 3.05) is 59.5 Å². The number of ether oxygens (including phenoxy) is 4. The van der Waals surface area contributed by atoms with Gasteiger partial charge in [-0.1, -0.05) is 60.8 Å². The van der Waals surface area contributed by atoms with Crippen LogP contribution in [0.3, 0.4) is 0 Å². The van der Waals surface area contributed by atoms with Crippen LogP contribution in [0.4, 0.5) is 0 Å². The highest BCUT2D eigenvalue weighted by Gasteiger charge is 2.65. The number of methoxy groups -OCH3 is 1. The summed E-state index contributed by atoms with van der Waals surface area (Å²) in [5.41, 5.74) is 10.1. The number of piperidine rings is 1. The average Bonchev–Trinajstić information content (AvgIpc) is 4.07. The number of hydrogen-bond acceptors (Lipinski definition) is 14. The van der Waals surface area contributed by atoms with Crippen molar-refractivity contribution in [2.24, 2.45) is 39.0 Å². The molecule has 0 radical (unpaired) electrons. The Hall–Kier alpha value is -3.50. The van der Waals surface area contributed by atoms with E-state index >= 15 is 0 Å². The number of carbonyl (C=O) groups is 1. The zero-order valence-corrected chi connectivity index (χ0v) is 49.1. The molecule has 9 unspecified atom stereocenters. The number of rotatable bonds is 12. The number of hydrogen-bond donors (Lipinski definition) is 4. The summed E-state index contributed by atoms with van der Waals surface area (Å²) < 4.78 is 26.5. The summed E-state index contributed by atoms with van der Waals surface area (Å²) in [4.78, 5) is 28.6. The van der Waals surface area contributed by atoms with Gasteiger partial charge in [0.05, 0.1) is 74.7 Å². The fourth-order valence-electron chi connectivity index (χ4n) is 17.5. The van der Waals surface area contributed by atoms with Crippen LogP contribution in [-0.4, -0.2) is 156 Å². The van der Waals surface area contributed by atoms with E-state index in [0.717, 1.165) is 75.4 Å². The predicted octanol–water partition coefficient (Wildman–Crippen LogP) is 8.43. The van der Waals surface area contributed by atoms with Crippen LogP contribution >= 0.6 is 11.8 Å². The standard InChI is InChI=1S/C62H92N10O5S/c1-39-40(2)78-56-52(39)53(65-49(54-68-67-41(3)71(54)56)33-51-70(28-31-75-51)45-16-12-11-13-17-45)42-18-21-46(22-19-42)76-48-34-62(35-48)24-26-69(27-25-62)59-64-37-44(38-72(59)29-14-9-10-15-30-72)55(73)66-57-60(4,5)58(61(57,6)7)77-47-23-20-43(36-63)50(32-47)74-8/h18-23,32,39-41,44-45,48-49,51-52,54,56-59,64,67-68H,9-17,24-31,33-35,37-38H2,1-8H3/p+1/t39?,40?,41?,44?,49-,51?,52?,54?,56?,57?,58?,59?/m0/s1. The van der Waals surface area contributed by atoms with Gasteiger partial charge in [0.1, 0.15) is 35.6 Å². The van der Waals surface area contributed by atoms with Crippen LogP contribution in [0.25, 0.3) is 0 Å². The molecule has 78 heavy (non-hydrogen) atoms. The van der Waals surface area contributed by atoms with Gasteiger partial charge in [0, 0.05) is 78.5 Å². The first kappa shape index (κ1) is 55.1. The normalized spacial score (nSPS) is 36.7. The molecule has 12 rings (SSSR count). The topological polar surface area (TPSA) is 148 Å². The number of nitrogens with zero attached hydrogens (tertiary/aromatic N) is 6. The van der Waals surface area contributed by atoms with Crippen molar-refractivity contribution < 1.29 is 28.2 Å². The minimum atomic E-state index is -0.305. The SMILES string of the molecule is COc1cc(OC2C(C)(C)C(NC(=O)C3CNC(N4CCC5(CC4)CC(Oc4ccc(C6=N[C@@H](CC7OCCN7C7CCCCC7)C7NNC(C)N7C7SC(C)C(C)C67)cc4)C5)[N+]4(CCCCCC4)C3)C2(C)C)ccc1C#N. The molecule has 0 aromatic heterocycles. The first-order chi connectivity index (χ1) is 37.6. The summed E-state index contributed by atoms with van der Waals surface area (Å²) in [6.45, 7) is 23.8. The van der Waals surface area contributed by atoms with Gasteiger partial charge in [-0.15, -0.1) is 11.8 Å². The zero-order valence-electron chi connectivity index (χ0n) is 48.3. The van der Waals surface area contributed by atoms with Gasteiger partial charge in [-0.25, -0.2) is 15.8 Å². The van der Waals surface area contributed by atoms with Crippen LogP contribution < -0.4 is 35.7 Å². The number of likely N-dealkylation sites (tertiary alicyclic amines) is 1. The second-order valence-corrected chi connectivity index (χ2v) is 28.7. The van der Waals surface area contributed by atoms with Crippen LogP contribution in [0.2, 0.25) is 0 Å². The molecule has 3 aliphatic carbocycles. The number of thioether (sulfide) groups is 1. The van der Waals surface area contributed by atoms with Gasteiger partial charge in [-0.05, 0) is 124 Å². The van der Waals surface area contributed by atoms with Crippen molar-refractivity contribution in [3.8, 4) is 23.3 Å². The lowest BCUT2D eigenvalue weighted by Crippen LogP contribution is -2.77. The molecule has 7 heterocycles. The Morgan fingerprint density at radius 2 is 1.62 bits per heavy atom. The molecule has 1 amide bonds. The Balaban J connectivity index is 0.670. The highest BCUT2D eigenvalue weighted by molar-refractivity contribution is 8.00. The van der Waals surface area contributed by atoms with Gasteiger partial charge in [-0.2, -0.15) is 5.26 Å². The summed E-state index contributed by atoms with van der Waals surface area (Å²) in [6, 6.07) is 17.3. The Bertz CT molecular complexity index is 2510. The smallest absolute Gasteiger partial charge is 0.230 e. The monoisotopic (exact) mass is 1090 g/mol. The molecule has 6 saturated heterocycles. The van der Waals surface area contributed by atoms with E-state index in [1.807, 2.05) is 6.07 Å². The molecule has 4 N–H and O–H groups in total. The second-order valence-electron chi connectivity index (χ2n) is 27.2. The molecule has 2 spiro atoms. The molecule has 16 heteroatoms. The Kier molecular flexibility index (Phi) is 15.5. The van der Waals surface area contributed by atoms with Crippen molar-refractivity contribution in [3.63, 3.8) is 0 Å². The van der Waals surface area contributed by atoms with Gasteiger partial charge in [0.25, 0.3) is 0 Å². The van der Waals surface area contributed by atoms with E-state index in [1.54, 1.807) is 19.2 Å². The molecule has 3 saturated carbocycles. The predicted molar refractivity (Wildman–Crippen MR) is 307 cm³/mol. The molecule has 10 aliphatic rings. The summed E-state index contributed by atoms with van der Waals surface area (Å²) in [5, 5.41) is 18.0. The van der Waals surface area contributed by atoms with E-state index in [4.69, 9.17) is 23.9 Å². The van der Waals surface area contributed by atoms with Gasteiger partial charge >= 0.3 is 0 Å². The van der Waals surface area contributed by atoms with E-state index in [9.17, 15) is 10.1 Å². The van der Waals surface area contributed by atoms with Crippen LogP contribution in [-0.2, 0) is 9.53 Å². The van der Waals surface area contributed by atoms with E-state index in [2.05, 4.69) is 127 Å².